The van der Waals surface area contributed by atoms with Crippen LogP contribution in [-0.2, 0) is 11.3 Å². The molecule has 72 valence electrons. The number of imidazole rings is 1. The molecule has 13 heavy (non-hydrogen) atoms. The first kappa shape index (κ1) is 9.73. The van der Waals surface area contributed by atoms with Gasteiger partial charge >= 0.3 is 0 Å². The Hall–Kier alpha value is -1.36. The van der Waals surface area contributed by atoms with Crippen LogP contribution < -0.4 is 11.1 Å². The Kier molecular flexibility index (Phi) is 3.45. The van der Waals surface area contributed by atoms with Crippen LogP contribution in [0, 0.1) is 0 Å². The molecule has 0 fully saturated rings. The summed E-state index contributed by atoms with van der Waals surface area (Å²) >= 11 is 0. The number of hydrogen-bond acceptors (Lipinski definition) is 3. The van der Waals surface area contributed by atoms with Crippen molar-refractivity contribution in [2.75, 3.05) is 0 Å². The number of aromatic amines is 1. The van der Waals surface area contributed by atoms with Gasteiger partial charge in [-0.2, -0.15) is 0 Å². The van der Waals surface area contributed by atoms with Gasteiger partial charge in [-0.05, 0) is 6.42 Å². The van der Waals surface area contributed by atoms with Gasteiger partial charge in [0.1, 0.15) is 0 Å². The third kappa shape index (κ3) is 2.87. The molecule has 1 aromatic rings. The van der Waals surface area contributed by atoms with Gasteiger partial charge in [0.25, 0.3) is 0 Å². The van der Waals surface area contributed by atoms with E-state index in [0.29, 0.717) is 13.0 Å². The Labute approximate surface area is 76.7 Å². The topological polar surface area (TPSA) is 83.8 Å². The molecule has 0 aromatic carbocycles. The van der Waals surface area contributed by atoms with Crippen molar-refractivity contribution >= 4 is 5.91 Å². The van der Waals surface area contributed by atoms with E-state index >= 15 is 0 Å². The third-order valence-electron chi connectivity index (χ3n) is 1.78. The van der Waals surface area contributed by atoms with Crippen molar-refractivity contribution in [1.29, 1.82) is 0 Å². The molecule has 4 N–H and O–H groups in total. The largest absolute Gasteiger partial charge is 0.349 e. The van der Waals surface area contributed by atoms with Crippen molar-refractivity contribution in [3.8, 4) is 0 Å². The van der Waals surface area contributed by atoms with E-state index in [1.54, 1.807) is 12.5 Å². The quantitative estimate of drug-likeness (QED) is 0.601. The first-order valence-electron chi connectivity index (χ1n) is 4.24. The number of nitrogens with two attached hydrogens (primary N) is 1. The summed E-state index contributed by atoms with van der Waals surface area (Å²) in [4.78, 5) is 17.9. The predicted molar refractivity (Wildman–Crippen MR) is 48.7 cm³/mol. The summed E-state index contributed by atoms with van der Waals surface area (Å²) < 4.78 is 0. The summed E-state index contributed by atoms with van der Waals surface area (Å²) in [7, 11) is 0. The summed E-state index contributed by atoms with van der Waals surface area (Å²) in [6.07, 6.45) is 3.88. The van der Waals surface area contributed by atoms with Gasteiger partial charge < -0.3 is 16.0 Å². The molecule has 1 atom stereocenters. The average Bonchev–Trinajstić information content (AvgIpc) is 2.65. The predicted octanol–water partition coefficient (Wildman–Crippen LogP) is -0.237. The highest BCUT2D eigenvalue weighted by molar-refractivity contribution is 5.81. The number of carbonyl (C=O) groups excluding carboxylic acids is 1. The first-order chi connectivity index (χ1) is 6.24. The van der Waals surface area contributed by atoms with Crippen molar-refractivity contribution in [2.45, 2.75) is 25.9 Å². The minimum Gasteiger partial charge on any atom is -0.349 e. The molecule has 1 unspecified atom stereocenters. The molecule has 0 radical (unpaired) electrons. The lowest BCUT2D eigenvalue weighted by atomic mass is 10.2. The summed E-state index contributed by atoms with van der Waals surface area (Å²) in [5, 5.41) is 2.70. The molecule has 5 nitrogen and oxygen atoms in total. The number of nitrogens with zero attached hydrogens (tertiary/aromatic N) is 1. The normalized spacial score (nSPS) is 12.5. The summed E-state index contributed by atoms with van der Waals surface area (Å²) in [6.45, 7) is 2.33. The Morgan fingerprint density at radius 3 is 3.15 bits per heavy atom. The second-order valence-corrected chi connectivity index (χ2v) is 2.81. The zero-order chi connectivity index (χ0) is 9.68. The third-order valence-corrected chi connectivity index (χ3v) is 1.78. The van der Waals surface area contributed by atoms with Crippen molar-refractivity contribution in [3.63, 3.8) is 0 Å². The Morgan fingerprint density at radius 2 is 2.62 bits per heavy atom. The second-order valence-electron chi connectivity index (χ2n) is 2.81. The summed E-state index contributed by atoms with van der Waals surface area (Å²) in [5.74, 6) is -0.128. The number of carbonyl (C=O) groups is 1. The van der Waals surface area contributed by atoms with Crippen LogP contribution in [0.3, 0.4) is 0 Å². The van der Waals surface area contributed by atoms with Crippen LogP contribution >= 0.6 is 0 Å². The Morgan fingerprint density at radius 1 is 1.85 bits per heavy atom. The average molecular weight is 182 g/mol. The zero-order valence-corrected chi connectivity index (χ0v) is 7.58. The molecule has 0 aliphatic heterocycles. The van der Waals surface area contributed by atoms with E-state index in [4.69, 9.17) is 5.73 Å². The van der Waals surface area contributed by atoms with Crippen molar-refractivity contribution in [2.24, 2.45) is 5.73 Å². The van der Waals surface area contributed by atoms with Gasteiger partial charge in [-0.15, -0.1) is 0 Å². The van der Waals surface area contributed by atoms with Crippen LogP contribution in [0.5, 0.6) is 0 Å². The first-order valence-corrected chi connectivity index (χ1v) is 4.24. The lowest BCUT2D eigenvalue weighted by molar-refractivity contribution is -0.122. The number of H-pyrrole nitrogens is 1. The van der Waals surface area contributed by atoms with E-state index in [1.165, 1.54) is 0 Å². The number of rotatable bonds is 4. The van der Waals surface area contributed by atoms with Gasteiger partial charge in [-0.25, -0.2) is 4.98 Å². The smallest absolute Gasteiger partial charge is 0.237 e. The molecule has 0 saturated carbocycles. The van der Waals surface area contributed by atoms with E-state index in [0.717, 1.165) is 5.69 Å². The number of nitrogens with one attached hydrogen (secondary N) is 2. The fourth-order valence-corrected chi connectivity index (χ4v) is 0.880. The van der Waals surface area contributed by atoms with Crippen molar-refractivity contribution in [1.82, 2.24) is 15.3 Å². The van der Waals surface area contributed by atoms with E-state index < -0.39 is 6.04 Å². The SMILES string of the molecule is CCC(N)C(=O)NCc1cnc[nH]1. The van der Waals surface area contributed by atoms with Gasteiger partial charge in [0.2, 0.25) is 5.91 Å². The molecule has 0 spiro atoms. The maximum atomic E-state index is 11.2. The van der Waals surface area contributed by atoms with E-state index in [-0.39, 0.29) is 5.91 Å². The van der Waals surface area contributed by atoms with Gasteiger partial charge in [-0.1, -0.05) is 6.92 Å². The second kappa shape index (κ2) is 4.61. The van der Waals surface area contributed by atoms with Crippen LogP contribution in [0.25, 0.3) is 0 Å². The minimum atomic E-state index is -0.414. The monoisotopic (exact) mass is 182 g/mol. The summed E-state index contributed by atoms with van der Waals surface area (Å²) in [6, 6.07) is -0.414. The van der Waals surface area contributed by atoms with Gasteiger partial charge in [0, 0.05) is 6.20 Å². The van der Waals surface area contributed by atoms with Crippen LogP contribution in [0.15, 0.2) is 12.5 Å². The van der Waals surface area contributed by atoms with E-state index in [9.17, 15) is 4.79 Å². The number of aromatic nitrogens is 2. The van der Waals surface area contributed by atoms with Crippen molar-refractivity contribution < 1.29 is 4.79 Å². The Bertz CT molecular complexity index is 257. The highest BCUT2D eigenvalue weighted by Gasteiger charge is 2.09. The maximum Gasteiger partial charge on any atom is 0.237 e. The molecule has 5 heteroatoms. The molecular formula is C8H14N4O. The highest BCUT2D eigenvalue weighted by Crippen LogP contribution is 1.91. The van der Waals surface area contributed by atoms with Crippen LogP contribution in [-0.4, -0.2) is 21.9 Å². The summed E-state index contributed by atoms with van der Waals surface area (Å²) in [5.41, 5.74) is 6.39. The molecule has 0 saturated heterocycles. The molecule has 0 aliphatic carbocycles. The molecule has 1 heterocycles. The highest BCUT2D eigenvalue weighted by atomic mass is 16.2. The molecular weight excluding hydrogens is 168 g/mol. The van der Waals surface area contributed by atoms with E-state index in [2.05, 4.69) is 15.3 Å². The zero-order valence-electron chi connectivity index (χ0n) is 7.58. The van der Waals surface area contributed by atoms with Gasteiger partial charge in [0.05, 0.1) is 24.6 Å². The number of hydrogen-bond donors (Lipinski definition) is 3. The fraction of sp³-hybridized carbons (Fsp3) is 0.500. The standard InChI is InChI=1S/C8H14N4O/c1-2-7(9)8(13)11-4-6-3-10-5-12-6/h3,5,7H,2,4,9H2,1H3,(H,10,12)(H,11,13). The Balaban J connectivity index is 2.31. The minimum absolute atomic E-state index is 0.128. The molecule has 0 aliphatic rings. The lowest BCUT2D eigenvalue weighted by Gasteiger charge is -2.08. The van der Waals surface area contributed by atoms with Crippen LogP contribution in [0.2, 0.25) is 0 Å². The van der Waals surface area contributed by atoms with Gasteiger partial charge in [-0.3, -0.25) is 4.79 Å². The molecule has 1 aromatic heterocycles. The number of amides is 1. The van der Waals surface area contributed by atoms with Gasteiger partial charge in [0.15, 0.2) is 0 Å². The fourth-order valence-electron chi connectivity index (χ4n) is 0.880. The molecule has 1 amide bonds. The maximum absolute atomic E-state index is 11.2. The molecule has 1 rings (SSSR count). The van der Waals surface area contributed by atoms with E-state index in [1.807, 2.05) is 6.92 Å². The lowest BCUT2D eigenvalue weighted by Crippen LogP contribution is -2.39. The van der Waals surface area contributed by atoms with Crippen molar-refractivity contribution in [3.05, 3.63) is 18.2 Å². The molecule has 0 bridgehead atoms. The van der Waals surface area contributed by atoms with Crippen LogP contribution in [0.4, 0.5) is 0 Å². The van der Waals surface area contributed by atoms with Crippen LogP contribution in [0.1, 0.15) is 19.0 Å².